The lowest BCUT2D eigenvalue weighted by Crippen LogP contribution is -2.37. The first-order valence-electron chi connectivity index (χ1n) is 5.90. The third-order valence-corrected chi connectivity index (χ3v) is 2.59. The molecule has 0 aromatic carbocycles. The Kier molecular flexibility index (Phi) is 4.41. The Hall–Kier alpha value is -2.06. The highest BCUT2D eigenvalue weighted by atomic mass is 19.4. The number of nitrogens with zero attached hydrogens (tertiary/aromatic N) is 4. The molecule has 2 aromatic heterocycles. The van der Waals surface area contributed by atoms with Gasteiger partial charge < -0.3 is 0 Å². The molecule has 6 nitrogen and oxygen atoms in total. The van der Waals surface area contributed by atoms with Crippen molar-refractivity contribution in [3.05, 3.63) is 27.0 Å². The van der Waals surface area contributed by atoms with Crippen LogP contribution in [-0.2, 0) is 20.6 Å². The second-order valence-electron chi connectivity index (χ2n) is 3.86. The van der Waals surface area contributed by atoms with Gasteiger partial charge in [0.25, 0.3) is 5.56 Å². The molecule has 20 heavy (non-hydrogen) atoms. The fourth-order valence-corrected chi connectivity index (χ4v) is 1.70. The average Bonchev–Trinajstić information content (AvgIpc) is 2.78. The van der Waals surface area contributed by atoms with Gasteiger partial charge in [0, 0.05) is 14.1 Å². The zero-order valence-electron chi connectivity index (χ0n) is 11.5. The van der Waals surface area contributed by atoms with Gasteiger partial charge in [0.2, 0.25) is 0 Å². The van der Waals surface area contributed by atoms with Crippen molar-refractivity contribution in [2.45, 2.75) is 26.6 Å². The highest BCUT2D eigenvalue weighted by Gasteiger charge is 2.30. The van der Waals surface area contributed by atoms with Crippen molar-refractivity contribution in [3.63, 3.8) is 0 Å². The number of rotatable bonds is 1. The Morgan fingerprint density at radius 1 is 1.15 bits per heavy atom. The van der Waals surface area contributed by atoms with E-state index in [1.165, 1.54) is 14.1 Å². The zero-order chi connectivity index (χ0) is 15.7. The maximum absolute atomic E-state index is 12.3. The summed E-state index contributed by atoms with van der Waals surface area (Å²) in [6, 6.07) is 0. The van der Waals surface area contributed by atoms with E-state index >= 15 is 0 Å². The fourth-order valence-electron chi connectivity index (χ4n) is 1.70. The summed E-state index contributed by atoms with van der Waals surface area (Å²) >= 11 is 0. The molecule has 0 fully saturated rings. The van der Waals surface area contributed by atoms with E-state index in [0.29, 0.717) is 4.68 Å². The predicted molar refractivity (Wildman–Crippen MR) is 67.6 cm³/mol. The van der Waals surface area contributed by atoms with Gasteiger partial charge in [0.05, 0.1) is 11.7 Å². The van der Waals surface area contributed by atoms with Crippen LogP contribution in [0.5, 0.6) is 0 Å². The van der Waals surface area contributed by atoms with Crippen LogP contribution in [0.2, 0.25) is 0 Å². The van der Waals surface area contributed by atoms with Gasteiger partial charge in [0.15, 0.2) is 5.52 Å². The molecule has 0 bridgehead atoms. The molecule has 0 spiro atoms. The summed E-state index contributed by atoms with van der Waals surface area (Å²) in [5.74, 6) is 0. The number of hydrogen-bond acceptors (Lipinski definition) is 3. The molecule has 0 atom stereocenters. The van der Waals surface area contributed by atoms with E-state index in [4.69, 9.17) is 0 Å². The van der Waals surface area contributed by atoms with Gasteiger partial charge in [-0.25, -0.2) is 9.48 Å². The molecule has 0 aliphatic heterocycles. The van der Waals surface area contributed by atoms with Crippen LogP contribution >= 0.6 is 0 Å². The average molecular weight is 292 g/mol. The van der Waals surface area contributed by atoms with Gasteiger partial charge in [0.1, 0.15) is 6.54 Å². The summed E-state index contributed by atoms with van der Waals surface area (Å²) in [6.07, 6.45) is -3.41. The molecular weight excluding hydrogens is 277 g/mol. The van der Waals surface area contributed by atoms with E-state index in [1.54, 1.807) is 0 Å². The lowest BCUT2D eigenvalue weighted by Gasteiger charge is -2.08. The summed E-state index contributed by atoms with van der Waals surface area (Å²) in [4.78, 5) is 23.4. The molecule has 0 aliphatic carbocycles. The first kappa shape index (κ1) is 16.0. The smallest absolute Gasteiger partial charge is 0.293 e. The zero-order valence-corrected chi connectivity index (χ0v) is 11.5. The lowest BCUT2D eigenvalue weighted by atomic mass is 10.4. The van der Waals surface area contributed by atoms with E-state index in [0.717, 1.165) is 15.3 Å². The maximum Gasteiger partial charge on any atom is 0.408 e. The Morgan fingerprint density at radius 2 is 1.70 bits per heavy atom. The van der Waals surface area contributed by atoms with Crippen LogP contribution in [0, 0.1) is 0 Å². The minimum atomic E-state index is -4.49. The molecule has 0 saturated carbocycles. The molecule has 2 heterocycles. The monoisotopic (exact) mass is 292 g/mol. The Labute approximate surface area is 112 Å². The summed E-state index contributed by atoms with van der Waals surface area (Å²) < 4.78 is 39.3. The molecule has 2 aromatic rings. The molecule has 0 saturated heterocycles. The first-order valence-corrected chi connectivity index (χ1v) is 5.90. The van der Waals surface area contributed by atoms with Crippen LogP contribution in [0.25, 0.3) is 11.0 Å². The third kappa shape index (κ3) is 2.75. The second-order valence-corrected chi connectivity index (χ2v) is 3.86. The van der Waals surface area contributed by atoms with Gasteiger partial charge in [-0.05, 0) is 0 Å². The van der Waals surface area contributed by atoms with Crippen LogP contribution < -0.4 is 11.2 Å². The molecule has 0 amide bonds. The van der Waals surface area contributed by atoms with E-state index in [2.05, 4.69) is 5.10 Å². The van der Waals surface area contributed by atoms with Gasteiger partial charge in [-0.15, -0.1) is 0 Å². The van der Waals surface area contributed by atoms with Crippen molar-refractivity contribution in [2.75, 3.05) is 0 Å². The Balaban J connectivity index is 0.000000956. The van der Waals surface area contributed by atoms with Crippen LogP contribution in [0.4, 0.5) is 13.2 Å². The van der Waals surface area contributed by atoms with Gasteiger partial charge in [-0.1, -0.05) is 13.8 Å². The van der Waals surface area contributed by atoms with Crippen LogP contribution in [0.3, 0.4) is 0 Å². The molecule has 0 radical (unpaired) electrons. The minimum absolute atomic E-state index is 0.0763. The summed E-state index contributed by atoms with van der Waals surface area (Å²) in [5, 5.41) is 3.51. The second kappa shape index (κ2) is 5.51. The van der Waals surface area contributed by atoms with Crippen LogP contribution in [-0.4, -0.2) is 25.1 Å². The van der Waals surface area contributed by atoms with Crippen molar-refractivity contribution < 1.29 is 13.2 Å². The summed E-state index contributed by atoms with van der Waals surface area (Å²) in [6.45, 7) is 2.63. The van der Waals surface area contributed by atoms with Crippen molar-refractivity contribution in [3.8, 4) is 0 Å². The standard InChI is InChI=1S/C9H9F3N4O2.C2H6/c1-14-5-3-13-16(4-9(10,11)12)6(5)7(17)15(2)8(14)18;1-2/h3H,4H2,1-2H3;1-2H3. The molecule has 0 N–H and O–H groups in total. The largest absolute Gasteiger partial charge is 0.408 e. The summed E-state index contributed by atoms with van der Waals surface area (Å²) in [5.41, 5.74) is -1.57. The Morgan fingerprint density at radius 3 is 2.20 bits per heavy atom. The van der Waals surface area contributed by atoms with Crippen LogP contribution in [0.15, 0.2) is 15.8 Å². The molecular formula is C11H15F3N4O2. The lowest BCUT2D eigenvalue weighted by molar-refractivity contribution is -0.141. The van der Waals surface area contributed by atoms with Gasteiger partial charge in [-0.2, -0.15) is 18.3 Å². The van der Waals surface area contributed by atoms with Gasteiger partial charge >= 0.3 is 11.9 Å². The SMILES string of the molecule is CC.Cn1c(=O)c2c(cnn2CC(F)(F)F)n(C)c1=O. The van der Waals surface area contributed by atoms with E-state index in [1.807, 2.05) is 13.8 Å². The van der Waals surface area contributed by atoms with Crippen molar-refractivity contribution in [1.82, 2.24) is 18.9 Å². The normalized spacial score (nSPS) is 11.3. The first-order chi connectivity index (χ1) is 9.22. The van der Waals surface area contributed by atoms with E-state index < -0.39 is 24.0 Å². The molecule has 2 rings (SSSR count). The molecule has 0 aliphatic rings. The highest BCUT2D eigenvalue weighted by molar-refractivity contribution is 5.73. The maximum atomic E-state index is 12.3. The van der Waals surface area contributed by atoms with Crippen molar-refractivity contribution in [2.24, 2.45) is 14.1 Å². The van der Waals surface area contributed by atoms with Crippen molar-refractivity contribution in [1.29, 1.82) is 0 Å². The van der Waals surface area contributed by atoms with Crippen molar-refractivity contribution >= 4 is 11.0 Å². The van der Waals surface area contributed by atoms with E-state index in [9.17, 15) is 22.8 Å². The summed E-state index contributed by atoms with van der Waals surface area (Å²) in [7, 11) is 2.57. The minimum Gasteiger partial charge on any atom is -0.293 e. The number of alkyl halides is 3. The fraction of sp³-hybridized carbons (Fsp3) is 0.545. The van der Waals surface area contributed by atoms with Gasteiger partial charge in [-0.3, -0.25) is 13.9 Å². The topological polar surface area (TPSA) is 61.8 Å². The quantitative estimate of drug-likeness (QED) is 0.788. The molecule has 9 heteroatoms. The number of hydrogen-bond donors (Lipinski definition) is 0. The number of fused-ring (bicyclic) bond motifs is 1. The number of halogens is 3. The molecule has 0 unspecified atom stereocenters. The van der Waals surface area contributed by atoms with E-state index in [-0.39, 0.29) is 11.0 Å². The third-order valence-electron chi connectivity index (χ3n) is 2.59. The predicted octanol–water partition coefficient (Wildman–Crippen LogP) is 1.02. The number of aryl methyl sites for hydroxylation is 1. The molecule has 112 valence electrons. The highest BCUT2D eigenvalue weighted by Crippen LogP contribution is 2.18. The number of aromatic nitrogens is 4. The Bertz CT molecular complexity index is 724. The van der Waals surface area contributed by atoms with Crippen LogP contribution in [0.1, 0.15) is 13.8 Å².